The van der Waals surface area contributed by atoms with Gasteiger partial charge in [0.25, 0.3) is 5.56 Å². The minimum atomic E-state index is -1.51. The number of pyridine rings is 1. The number of aryl methyl sites for hydroxylation is 1. The lowest BCUT2D eigenvalue weighted by Gasteiger charge is -2.20. The number of nitrogens with one attached hydrogen (secondary N) is 1. The Morgan fingerprint density at radius 2 is 1.73 bits per heavy atom. The van der Waals surface area contributed by atoms with E-state index >= 15 is 0 Å². The summed E-state index contributed by atoms with van der Waals surface area (Å²) in [5.41, 5.74) is 5.54. The van der Waals surface area contributed by atoms with E-state index in [4.69, 9.17) is 5.73 Å². The quantitative estimate of drug-likeness (QED) is 0.656. The molecule has 1 saturated heterocycles. The van der Waals surface area contributed by atoms with Crippen LogP contribution in [0.5, 0.6) is 0 Å². The van der Waals surface area contributed by atoms with Gasteiger partial charge in [0.15, 0.2) is 0 Å². The summed E-state index contributed by atoms with van der Waals surface area (Å²) >= 11 is 0. The molecule has 1 aliphatic rings. The Morgan fingerprint density at radius 1 is 1.12 bits per heavy atom. The maximum atomic E-state index is 12.1. The van der Waals surface area contributed by atoms with Gasteiger partial charge in [0, 0.05) is 24.3 Å². The van der Waals surface area contributed by atoms with Gasteiger partial charge in [0.05, 0.1) is 0 Å². The lowest BCUT2D eigenvalue weighted by atomic mass is 9.92. The number of nitrogens with zero attached hydrogens (tertiary/aromatic N) is 1. The van der Waals surface area contributed by atoms with E-state index < -0.39 is 28.6 Å². The SMILES string of the molecule is Cc1cc(N2CCCC2)ccc1-c1c(C(=O)O)c(N)[nH]c(=O)c1C(=O)O. The van der Waals surface area contributed by atoms with Gasteiger partial charge in [0.2, 0.25) is 0 Å². The monoisotopic (exact) mass is 357 g/mol. The number of nitrogen functional groups attached to an aromatic ring is 1. The third-order valence-corrected chi connectivity index (χ3v) is 4.62. The van der Waals surface area contributed by atoms with Crippen LogP contribution in [-0.2, 0) is 0 Å². The number of aromatic carboxylic acids is 2. The van der Waals surface area contributed by atoms with E-state index in [9.17, 15) is 24.6 Å². The zero-order chi connectivity index (χ0) is 19.0. The molecule has 0 radical (unpaired) electrons. The van der Waals surface area contributed by atoms with Crippen LogP contribution in [0.4, 0.5) is 11.5 Å². The molecule has 2 heterocycles. The summed E-state index contributed by atoms with van der Waals surface area (Å²) in [5, 5.41) is 19.0. The minimum Gasteiger partial charge on any atom is -0.478 e. The fourth-order valence-electron chi connectivity index (χ4n) is 3.42. The number of aromatic amines is 1. The number of carboxylic acids is 2. The maximum absolute atomic E-state index is 12.1. The molecule has 0 bridgehead atoms. The van der Waals surface area contributed by atoms with E-state index in [0.717, 1.165) is 31.6 Å². The third-order valence-electron chi connectivity index (χ3n) is 4.62. The van der Waals surface area contributed by atoms with Crippen LogP contribution in [0.25, 0.3) is 11.1 Å². The molecule has 2 aromatic rings. The van der Waals surface area contributed by atoms with Crippen LogP contribution in [-0.4, -0.2) is 40.2 Å². The molecule has 8 heteroatoms. The molecule has 0 amide bonds. The molecule has 136 valence electrons. The maximum Gasteiger partial charge on any atom is 0.342 e. The zero-order valence-corrected chi connectivity index (χ0v) is 14.2. The molecule has 8 nitrogen and oxygen atoms in total. The van der Waals surface area contributed by atoms with E-state index in [1.54, 1.807) is 13.0 Å². The molecular formula is C18H19N3O5. The van der Waals surface area contributed by atoms with E-state index in [1.807, 2.05) is 12.1 Å². The van der Waals surface area contributed by atoms with Gasteiger partial charge in [-0.05, 0) is 43.0 Å². The van der Waals surface area contributed by atoms with E-state index in [1.165, 1.54) is 0 Å². The highest BCUT2D eigenvalue weighted by Gasteiger charge is 2.27. The summed E-state index contributed by atoms with van der Waals surface area (Å²) < 4.78 is 0. The summed E-state index contributed by atoms with van der Waals surface area (Å²) in [6.07, 6.45) is 2.22. The van der Waals surface area contributed by atoms with E-state index in [-0.39, 0.29) is 11.4 Å². The van der Waals surface area contributed by atoms with Crippen LogP contribution < -0.4 is 16.2 Å². The lowest BCUT2D eigenvalue weighted by molar-refractivity contribution is 0.0695. The number of anilines is 2. The first-order valence-corrected chi connectivity index (χ1v) is 8.19. The smallest absolute Gasteiger partial charge is 0.342 e. The van der Waals surface area contributed by atoms with Crippen LogP contribution in [0.2, 0.25) is 0 Å². The second-order valence-corrected chi connectivity index (χ2v) is 6.30. The van der Waals surface area contributed by atoms with Gasteiger partial charge in [0.1, 0.15) is 16.9 Å². The van der Waals surface area contributed by atoms with Gasteiger partial charge < -0.3 is 25.8 Å². The minimum absolute atomic E-state index is 0.170. The number of hydrogen-bond acceptors (Lipinski definition) is 5. The molecule has 0 atom stereocenters. The van der Waals surface area contributed by atoms with Crippen molar-refractivity contribution in [2.24, 2.45) is 0 Å². The van der Waals surface area contributed by atoms with Crippen molar-refractivity contribution >= 4 is 23.4 Å². The number of H-pyrrole nitrogens is 1. The van der Waals surface area contributed by atoms with Gasteiger partial charge in [-0.2, -0.15) is 0 Å². The number of benzene rings is 1. The average Bonchev–Trinajstić information content (AvgIpc) is 3.07. The van der Waals surface area contributed by atoms with Gasteiger partial charge in [-0.1, -0.05) is 6.07 Å². The Kier molecular flexibility index (Phi) is 4.41. The van der Waals surface area contributed by atoms with Crippen LogP contribution in [0.3, 0.4) is 0 Å². The van der Waals surface area contributed by atoms with Gasteiger partial charge in [-0.15, -0.1) is 0 Å². The third kappa shape index (κ3) is 2.90. The first kappa shape index (κ1) is 17.5. The second-order valence-electron chi connectivity index (χ2n) is 6.30. The van der Waals surface area contributed by atoms with Crippen molar-refractivity contribution in [1.82, 2.24) is 4.98 Å². The summed E-state index contributed by atoms with van der Waals surface area (Å²) in [5.74, 6) is -3.28. The molecule has 26 heavy (non-hydrogen) atoms. The number of carboxylic acid groups (broad SMARTS) is 2. The molecule has 1 aromatic heterocycles. The number of aromatic nitrogens is 1. The van der Waals surface area contributed by atoms with Crippen LogP contribution in [0.1, 0.15) is 39.1 Å². The lowest BCUT2D eigenvalue weighted by Crippen LogP contribution is -2.24. The molecule has 5 N–H and O–H groups in total. The van der Waals surface area contributed by atoms with Crippen LogP contribution in [0.15, 0.2) is 23.0 Å². The predicted molar refractivity (Wildman–Crippen MR) is 97.0 cm³/mol. The molecule has 0 aliphatic carbocycles. The van der Waals surface area contributed by atoms with Crippen molar-refractivity contribution in [2.45, 2.75) is 19.8 Å². The fraction of sp³-hybridized carbons (Fsp3) is 0.278. The normalized spacial score (nSPS) is 13.8. The van der Waals surface area contributed by atoms with Crippen molar-refractivity contribution < 1.29 is 19.8 Å². The molecular weight excluding hydrogens is 338 g/mol. The molecule has 1 aromatic carbocycles. The molecule has 1 fully saturated rings. The molecule has 0 saturated carbocycles. The number of hydrogen-bond donors (Lipinski definition) is 4. The summed E-state index contributed by atoms with van der Waals surface area (Å²) in [6, 6.07) is 5.33. The molecule has 3 rings (SSSR count). The summed E-state index contributed by atoms with van der Waals surface area (Å²) in [6.45, 7) is 3.64. The van der Waals surface area contributed by atoms with Gasteiger partial charge >= 0.3 is 11.9 Å². The Morgan fingerprint density at radius 3 is 2.27 bits per heavy atom. The van der Waals surface area contributed by atoms with Crippen molar-refractivity contribution in [2.75, 3.05) is 23.7 Å². The first-order valence-electron chi connectivity index (χ1n) is 8.19. The Balaban J connectivity index is 2.27. The predicted octanol–water partition coefficient (Wildman–Crippen LogP) is 1.93. The Hall–Kier alpha value is -3.29. The first-order chi connectivity index (χ1) is 12.3. The van der Waals surface area contributed by atoms with E-state index in [0.29, 0.717) is 11.1 Å². The van der Waals surface area contributed by atoms with Crippen molar-refractivity contribution in [3.63, 3.8) is 0 Å². The molecule has 0 unspecified atom stereocenters. The largest absolute Gasteiger partial charge is 0.478 e. The van der Waals surface area contributed by atoms with Gasteiger partial charge in [-0.3, -0.25) is 4.79 Å². The summed E-state index contributed by atoms with van der Waals surface area (Å²) in [7, 11) is 0. The standard InChI is InChI=1S/C18H19N3O5/c1-9-8-10(21-6-2-3-7-21)4-5-11(9)12-13(17(23)24)15(19)20-16(22)14(12)18(25)26/h4-5,8H,2-3,6-7H2,1H3,(H,23,24)(H,25,26)(H3,19,20,22). The zero-order valence-electron chi connectivity index (χ0n) is 14.2. The van der Waals surface area contributed by atoms with Crippen molar-refractivity contribution in [3.8, 4) is 11.1 Å². The number of carbonyl (C=O) groups is 2. The highest BCUT2D eigenvalue weighted by atomic mass is 16.4. The number of rotatable bonds is 4. The Bertz CT molecular complexity index is 958. The van der Waals surface area contributed by atoms with Crippen molar-refractivity contribution in [1.29, 1.82) is 0 Å². The van der Waals surface area contributed by atoms with E-state index in [2.05, 4.69) is 9.88 Å². The van der Waals surface area contributed by atoms with Gasteiger partial charge in [-0.25, -0.2) is 9.59 Å². The number of nitrogens with two attached hydrogens (primary N) is 1. The molecule has 0 spiro atoms. The average molecular weight is 357 g/mol. The Labute approximate surface area is 148 Å². The molecule has 1 aliphatic heterocycles. The fourth-order valence-corrected chi connectivity index (χ4v) is 3.42. The van der Waals surface area contributed by atoms with Crippen LogP contribution >= 0.6 is 0 Å². The highest BCUT2D eigenvalue weighted by Crippen LogP contribution is 2.34. The second kappa shape index (κ2) is 6.55. The topological polar surface area (TPSA) is 137 Å². The highest BCUT2D eigenvalue weighted by molar-refractivity contribution is 6.07. The van der Waals surface area contributed by atoms with Crippen LogP contribution in [0, 0.1) is 6.92 Å². The summed E-state index contributed by atoms with van der Waals surface area (Å²) in [4.78, 5) is 39.7. The van der Waals surface area contributed by atoms with Crippen molar-refractivity contribution in [3.05, 3.63) is 45.2 Å².